The van der Waals surface area contributed by atoms with Gasteiger partial charge in [-0.2, -0.15) is 0 Å². The van der Waals surface area contributed by atoms with Crippen molar-refractivity contribution in [3.8, 4) is 0 Å². The molecule has 1 heterocycles. The molecule has 1 saturated heterocycles. The van der Waals surface area contributed by atoms with Gasteiger partial charge < -0.3 is 15.2 Å². The van der Waals surface area contributed by atoms with Gasteiger partial charge in [0.25, 0.3) is 17.5 Å². The first-order valence-corrected chi connectivity index (χ1v) is 8.84. The van der Waals surface area contributed by atoms with E-state index < -0.39 is 41.6 Å². The molecule has 152 valence electrons. The van der Waals surface area contributed by atoms with Crippen molar-refractivity contribution in [1.82, 2.24) is 15.1 Å². The number of benzene rings is 1. The average molecular weight is 391 g/mol. The summed E-state index contributed by atoms with van der Waals surface area (Å²) in [5, 5.41) is 12.1. The van der Waals surface area contributed by atoms with Gasteiger partial charge in [0.15, 0.2) is 0 Å². The predicted molar refractivity (Wildman–Crippen MR) is 98.4 cm³/mol. The number of aliphatic hydroxyl groups is 1. The first-order valence-electron chi connectivity index (χ1n) is 8.84. The highest BCUT2D eigenvalue weighted by atomic mass is 16.6. The first-order chi connectivity index (χ1) is 13.1. The van der Waals surface area contributed by atoms with Crippen LogP contribution >= 0.6 is 0 Å². The molecule has 1 aliphatic rings. The molecule has 1 unspecified atom stereocenters. The number of carbonyl (C=O) groups is 4. The number of likely N-dealkylation sites (N-methyl/N-ethyl adjacent to an activating group) is 1. The van der Waals surface area contributed by atoms with Crippen molar-refractivity contribution >= 4 is 23.7 Å². The van der Waals surface area contributed by atoms with Gasteiger partial charge in [0.05, 0.1) is 12.5 Å². The summed E-state index contributed by atoms with van der Waals surface area (Å²) in [6, 6.07) is 8.22. The molecule has 3 atom stereocenters. The summed E-state index contributed by atoms with van der Waals surface area (Å²) in [6.45, 7) is 2.44. The van der Waals surface area contributed by atoms with Crippen LogP contribution in [0.4, 0.5) is 0 Å². The second-order valence-electron chi connectivity index (χ2n) is 7.00. The molecule has 0 spiro atoms. The number of nitrogens with zero attached hydrogens (tertiary/aromatic N) is 2. The van der Waals surface area contributed by atoms with Crippen LogP contribution in [0.25, 0.3) is 0 Å². The maximum Gasteiger partial charge on any atom is 0.337 e. The van der Waals surface area contributed by atoms with E-state index >= 15 is 0 Å². The molecule has 0 aromatic heterocycles. The number of likely N-dealkylation sites (tertiary alicyclic amines) is 1. The Kier molecular flexibility index (Phi) is 6.52. The predicted octanol–water partition coefficient (Wildman–Crippen LogP) is -0.368. The zero-order valence-electron chi connectivity index (χ0n) is 16.3. The third-order valence-corrected chi connectivity index (χ3v) is 4.53. The lowest BCUT2D eigenvalue weighted by atomic mass is 10.1. The molecular formula is C19H25N3O6. The number of hydrogen-bond acceptors (Lipinski definition) is 7. The van der Waals surface area contributed by atoms with Gasteiger partial charge in [-0.15, -0.1) is 0 Å². The van der Waals surface area contributed by atoms with E-state index in [1.165, 1.54) is 13.8 Å². The van der Waals surface area contributed by atoms with Crippen molar-refractivity contribution in [2.75, 3.05) is 14.1 Å². The number of aliphatic hydroxyl groups excluding tert-OH is 1. The van der Waals surface area contributed by atoms with Crippen molar-refractivity contribution in [1.29, 1.82) is 0 Å². The molecule has 0 bridgehead atoms. The van der Waals surface area contributed by atoms with E-state index in [2.05, 4.69) is 5.32 Å². The summed E-state index contributed by atoms with van der Waals surface area (Å²) >= 11 is 0. The first kappa shape index (κ1) is 21.5. The standard InChI is InChI=1S/C19H25N3O6/c1-12(23)17(26)28-19(2,18(27)20-11-13-8-6-5-7-9-13)22-15(24)10-14(16(22)25)21(3)4/h5-9,12,14,23H,10-11H2,1-4H3,(H,20,27)/t12?,14-,19-/m0/s1. The Morgan fingerprint density at radius 2 is 1.93 bits per heavy atom. The zero-order chi connectivity index (χ0) is 21.1. The Bertz CT molecular complexity index is 764. The van der Waals surface area contributed by atoms with Crippen LogP contribution < -0.4 is 5.32 Å². The van der Waals surface area contributed by atoms with E-state index in [4.69, 9.17) is 4.74 Å². The molecule has 1 aromatic rings. The molecule has 2 rings (SSSR count). The highest BCUT2D eigenvalue weighted by molar-refractivity contribution is 6.09. The average Bonchev–Trinajstić information content (AvgIpc) is 2.95. The zero-order valence-corrected chi connectivity index (χ0v) is 16.3. The fourth-order valence-corrected chi connectivity index (χ4v) is 2.88. The Morgan fingerprint density at radius 3 is 2.43 bits per heavy atom. The van der Waals surface area contributed by atoms with Gasteiger partial charge in [-0.25, -0.2) is 9.69 Å². The normalized spacial score (nSPS) is 20.1. The quantitative estimate of drug-likeness (QED) is 0.481. The molecule has 1 aromatic carbocycles. The molecule has 0 saturated carbocycles. The highest BCUT2D eigenvalue weighted by Crippen LogP contribution is 2.28. The maximum atomic E-state index is 12.9. The van der Waals surface area contributed by atoms with Gasteiger partial charge in [-0.1, -0.05) is 30.3 Å². The van der Waals surface area contributed by atoms with E-state index in [1.807, 2.05) is 6.07 Å². The van der Waals surface area contributed by atoms with E-state index in [0.29, 0.717) is 4.90 Å². The van der Waals surface area contributed by atoms with E-state index in [1.54, 1.807) is 43.3 Å². The van der Waals surface area contributed by atoms with Crippen LogP contribution in [0.15, 0.2) is 30.3 Å². The van der Waals surface area contributed by atoms with Gasteiger partial charge in [0, 0.05) is 13.5 Å². The molecule has 0 radical (unpaired) electrons. The molecule has 0 aliphatic carbocycles. The second kappa shape index (κ2) is 8.49. The summed E-state index contributed by atoms with van der Waals surface area (Å²) in [7, 11) is 3.27. The van der Waals surface area contributed by atoms with Gasteiger partial charge in [0.2, 0.25) is 5.91 Å². The number of nitrogens with one attached hydrogen (secondary N) is 1. The number of hydrogen-bond donors (Lipinski definition) is 2. The summed E-state index contributed by atoms with van der Waals surface area (Å²) in [4.78, 5) is 52.4. The number of imide groups is 1. The largest absolute Gasteiger partial charge is 0.427 e. The number of amides is 3. The number of rotatable bonds is 7. The van der Waals surface area contributed by atoms with Crippen LogP contribution in [-0.2, 0) is 30.5 Å². The minimum Gasteiger partial charge on any atom is -0.427 e. The summed E-state index contributed by atoms with van der Waals surface area (Å²) in [5.74, 6) is -3.25. The van der Waals surface area contributed by atoms with Crippen molar-refractivity contribution in [3.63, 3.8) is 0 Å². The van der Waals surface area contributed by atoms with Crippen molar-refractivity contribution in [2.45, 2.75) is 44.7 Å². The fourth-order valence-electron chi connectivity index (χ4n) is 2.88. The minimum atomic E-state index is -2.22. The molecule has 28 heavy (non-hydrogen) atoms. The van der Waals surface area contributed by atoms with Gasteiger partial charge in [0.1, 0.15) is 6.10 Å². The third-order valence-electron chi connectivity index (χ3n) is 4.53. The molecule has 1 aliphatic heterocycles. The van der Waals surface area contributed by atoms with E-state index in [0.717, 1.165) is 5.56 Å². The van der Waals surface area contributed by atoms with Crippen molar-refractivity contribution in [3.05, 3.63) is 35.9 Å². The third kappa shape index (κ3) is 4.37. The Hall–Kier alpha value is -2.78. The van der Waals surface area contributed by atoms with Crippen LogP contribution in [0.1, 0.15) is 25.8 Å². The Labute approximate surface area is 163 Å². The number of carbonyl (C=O) groups excluding carboxylic acids is 4. The smallest absolute Gasteiger partial charge is 0.337 e. The number of ether oxygens (including phenoxy) is 1. The van der Waals surface area contributed by atoms with Crippen LogP contribution in [-0.4, -0.2) is 70.6 Å². The van der Waals surface area contributed by atoms with E-state index in [-0.39, 0.29) is 13.0 Å². The number of esters is 1. The molecule has 9 nitrogen and oxygen atoms in total. The molecule has 9 heteroatoms. The van der Waals surface area contributed by atoms with Gasteiger partial charge >= 0.3 is 5.97 Å². The van der Waals surface area contributed by atoms with Crippen LogP contribution in [0, 0.1) is 0 Å². The Balaban J connectivity index is 2.31. The summed E-state index contributed by atoms with van der Waals surface area (Å²) in [5.41, 5.74) is -1.44. The minimum absolute atomic E-state index is 0.106. The lowest BCUT2D eigenvalue weighted by Gasteiger charge is -2.35. The van der Waals surface area contributed by atoms with Crippen LogP contribution in [0.3, 0.4) is 0 Å². The lowest BCUT2D eigenvalue weighted by molar-refractivity contribution is -0.197. The summed E-state index contributed by atoms with van der Waals surface area (Å²) in [6.07, 6.45) is -1.67. The highest BCUT2D eigenvalue weighted by Gasteiger charge is 2.55. The molecule has 2 N–H and O–H groups in total. The second-order valence-corrected chi connectivity index (χ2v) is 7.00. The van der Waals surface area contributed by atoms with Crippen LogP contribution in [0.5, 0.6) is 0 Å². The molecular weight excluding hydrogens is 366 g/mol. The van der Waals surface area contributed by atoms with Crippen molar-refractivity contribution in [2.24, 2.45) is 0 Å². The van der Waals surface area contributed by atoms with Crippen LogP contribution in [0.2, 0.25) is 0 Å². The molecule has 1 fully saturated rings. The maximum absolute atomic E-state index is 12.9. The van der Waals surface area contributed by atoms with Crippen molar-refractivity contribution < 1.29 is 29.0 Å². The monoisotopic (exact) mass is 391 g/mol. The van der Waals surface area contributed by atoms with Gasteiger partial charge in [-0.3, -0.25) is 19.3 Å². The molecule has 3 amide bonds. The summed E-state index contributed by atoms with van der Waals surface area (Å²) < 4.78 is 5.17. The van der Waals surface area contributed by atoms with E-state index in [9.17, 15) is 24.3 Å². The lowest BCUT2D eigenvalue weighted by Crippen LogP contribution is -2.62. The SMILES string of the molecule is CC(O)C(=O)O[C@@](C)(C(=O)NCc1ccccc1)N1C(=O)C[C@H](N(C)C)C1=O. The topological polar surface area (TPSA) is 116 Å². The Morgan fingerprint density at radius 1 is 1.32 bits per heavy atom. The van der Waals surface area contributed by atoms with Gasteiger partial charge in [-0.05, 0) is 26.6 Å². The fraction of sp³-hybridized carbons (Fsp3) is 0.474.